The Labute approximate surface area is 153 Å². The van der Waals surface area contributed by atoms with E-state index in [9.17, 15) is 9.59 Å². The van der Waals surface area contributed by atoms with E-state index in [4.69, 9.17) is 8.83 Å². The molecule has 0 bridgehead atoms. The summed E-state index contributed by atoms with van der Waals surface area (Å²) in [4.78, 5) is 29.8. The Bertz CT molecular complexity index is 905. The largest absolute Gasteiger partial charge is 0.459 e. The number of carbonyl (C=O) groups excluding carboxylic acids is 1. The highest BCUT2D eigenvalue weighted by Crippen LogP contribution is 2.16. The van der Waals surface area contributed by atoms with E-state index < -0.39 is 5.76 Å². The number of amides is 1. The van der Waals surface area contributed by atoms with Crippen LogP contribution in [0.25, 0.3) is 11.7 Å². The molecule has 0 aromatic carbocycles. The number of hydrogen-bond donors (Lipinski definition) is 0. The van der Waals surface area contributed by atoms with Crippen molar-refractivity contribution in [3.8, 4) is 11.7 Å². The molecule has 1 aliphatic rings. The van der Waals surface area contributed by atoms with Gasteiger partial charge in [0.15, 0.2) is 5.76 Å². The van der Waals surface area contributed by atoms with Gasteiger partial charge in [-0.15, -0.1) is 16.4 Å². The van der Waals surface area contributed by atoms with E-state index in [-0.39, 0.29) is 18.3 Å². The highest BCUT2D eigenvalue weighted by atomic mass is 32.1. The van der Waals surface area contributed by atoms with E-state index >= 15 is 0 Å². The molecule has 0 spiro atoms. The highest BCUT2D eigenvalue weighted by Gasteiger charge is 2.23. The summed E-state index contributed by atoms with van der Waals surface area (Å²) in [7, 11) is 0. The monoisotopic (exact) mass is 374 g/mol. The molecule has 0 N–H and O–H groups in total. The Morgan fingerprint density at radius 3 is 2.73 bits per heavy atom. The number of carbonyl (C=O) groups is 1. The van der Waals surface area contributed by atoms with E-state index in [2.05, 4.69) is 21.4 Å². The number of hydrogen-bond acceptors (Lipinski definition) is 7. The molecule has 0 radical (unpaired) electrons. The molecule has 0 aliphatic carbocycles. The molecule has 0 unspecified atom stereocenters. The summed E-state index contributed by atoms with van der Waals surface area (Å²) in [6, 6.07) is 7.49. The van der Waals surface area contributed by atoms with Crippen LogP contribution in [0, 0.1) is 0 Å². The van der Waals surface area contributed by atoms with Gasteiger partial charge in [-0.3, -0.25) is 9.69 Å². The molecule has 3 aromatic heterocycles. The third-order valence-electron chi connectivity index (χ3n) is 4.31. The molecule has 26 heavy (non-hydrogen) atoms. The van der Waals surface area contributed by atoms with Crippen LogP contribution in [0.3, 0.4) is 0 Å². The SMILES string of the molecule is O=C(Cn1nc(-c2ccco2)oc1=O)N1CCN(Cc2cccs2)CC1. The van der Waals surface area contributed by atoms with Crippen molar-refractivity contribution in [1.82, 2.24) is 19.6 Å². The highest BCUT2D eigenvalue weighted by molar-refractivity contribution is 7.09. The van der Waals surface area contributed by atoms with Crippen LogP contribution >= 0.6 is 11.3 Å². The fourth-order valence-electron chi connectivity index (χ4n) is 2.91. The van der Waals surface area contributed by atoms with Gasteiger partial charge in [0.05, 0.1) is 6.26 Å². The summed E-state index contributed by atoms with van der Waals surface area (Å²) >= 11 is 1.74. The first-order chi connectivity index (χ1) is 12.7. The Kier molecular flexibility index (Phi) is 4.72. The quantitative estimate of drug-likeness (QED) is 0.673. The molecule has 9 heteroatoms. The molecule has 0 saturated carbocycles. The second kappa shape index (κ2) is 7.30. The maximum Gasteiger partial charge on any atom is 0.437 e. The summed E-state index contributed by atoms with van der Waals surface area (Å²) in [5, 5.41) is 6.11. The third kappa shape index (κ3) is 3.63. The van der Waals surface area contributed by atoms with Gasteiger partial charge in [-0.1, -0.05) is 6.07 Å². The number of furan rings is 1. The molecule has 1 amide bonds. The van der Waals surface area contributed by atoms with Gasteiger partial charge in [0.1, 0.15) is 6.54 Å². The fourth-order valence-corrected chi connectivity index (χ4v) is 3.66. The molecule has 1 aliphatic heterocycles. The van der Waals surface area contributed by atoms with Crippen molar-refractivity contribution in [3.05, 3.63) is 51.3 Å². The maximum atomic E-state index is 12.5. The molecule has 1 saturated heterocycles. The predicted octanol–water partition coefficient (Wildman–Crippen LogP) is 1.50. The molecule has 0 atom stereocenters. The first-order valence-electron chi connectivity index (χ1n) is 8.33. The van der Waals surface area contributed by atoms with Gasteiger partial charge in [-0.2, -0.15) is 4.68 Å². The van der Waals surface area contributed by atoms with E-state index in [1.165, 1.54) is 11.1 Å². The van der Waals surface area contributed by atoms with Crippen molar-refractivity contribution in [2.75, 3.05) is 26.2 Å². The van der Waals surface area contributed by atoms with Crippen molar-refractivity contribution in [2.24, 2.45) is 0 Å². The van der Waals surface area contributed by atoms with Crippen LogP contribution in [0.2, 0.25) is 0 Å². The van der Waals surface area contributed by atoms with Crippen molar-refractivity contribution in [2.45, 2.75) is 13.1 Å². The Hall–Kier alpha value is -2.65. The Morgan fingerprint density at radius 1 is 1.19 bits per heavy atom. The molecule has 136 valence electrons. The number of nitrogens with zero attached hydrogens (tertiary/aromatic N) is 4. The lowest BCUT2D eigenvalue weighted by Crippen LogP contribution is -2.49. The normalized spacial score (nSPS) is 15.5. The molecule has 4 heterocycles. The Balaban J connectivity index is 1.34. The lowest BCUT2D eigenvalue weighted by molar-refractivity contribution is -0.133. The van der Waals surface area contributed by atoms with Crippen LogP contribution in [0.15, 0.2) is 49.5 Å². The minimum Gasteiger partial charge on any atom is -0.459 e. The van der Waals surface area contributed by atoms with E-state index in [1.807, 2.05) is 6.07 Å². The fraction of sp³-hybridized carbons (Fsp3) is 0.353. The van der Waals surface area contributed by atoms with Crippen LogP contribution in [-0.4, -0.2) is 51.7 Å². The topological polar surface area (TPSA) is 84.7 Å². The number of piperazine rings is 1. The number of thiophene rings is 1. The zero-order chi connectivity index (χ0) is 17.9. The van der Waals surface area contributed by atoms with Gasteiger partial charge in [0, 0.05) is 37.6 Å². The second-order valence-corrected chi connectivity index (χ2v) is 7.08. The van der Waals surface area contributed by atoms with Crippen LogP contribution < -0.4 is 5.76 Å². The molecule has 3 aromatic rings. The second-order valence-electron chi connectivity index (χ2n) is 6.04. The molecular weight excluding hydrogens is 356 g/mol. The first kappa shape index (κ1) is 16.8. The van der Waals surface area contributed by atoms with Crippen LogP contribution in [0.5, 0.6) is 0 Å². The smallest absolute Gasteiger partial charge is 0.437 e. The van der Waals surface area contributed by atoms with Crippen molar-refractivity contribution in [1.29, 1.82) is 0 Å². The van der Waals surface area contributed by atoms with Gasteiger partial charge in [0.2, 0.25) is 5.91 Å². The van der Waals surface area contributed by atoms with Gasteiger partial charge in [-0.05, 0) is 23.6 Å². The summed E-state index contributed by atoms with van der Waals surface area (Å²) in [6.45, 7) is 3.69. The third-order valence-corrected chi connectivity index (χ3v) is 5.17. The van der Waals surface area contributed by atoms with Gasteiger partial charge >= 0.3 is 5.76 Å². The lowest BCUT2D eigenvalue weighted by atomic mass is 10.3. The van der Waals surface area contributed by atoms with Crippen LogP contribution in [0.1, 0.15) is 4.88 Å². The number of aromatic nitrogens is 2. The van der Waals surface area contributed by atoms with Gasteiger partial charge in [0.25, 0.3) is 5.89 Å². The van der Waals surface area contributed by atoms with Gasteiger partial charge in [-0.25, -0.2) is 4.79 Å². The Morgan fingerprint density at radius 2 is 2.04 bits per heavy atom. The van der Waals surface area contributed by atoms with Crippen LogP contribution in [-0.2, 0) is 17.9 Å². The zero-order valence-corrected chi connectivity index (χ0v) is 14.9. The van der Waals surface area contributed by atoms with Crippen LogP contribution in [0.4, 0.5) is 0 Å². The zero-order valence-electron chi connectivity index (χ0n) is 14.0. The average molecular weight is 374 g/mol. The maximum absolute atomic E-state index is 12.5. The van der Waals surface area contributed by atoms with Gasteiger partial charge < -0.3 is 13.7 Å². The van der Waals surface area contributed by atoms with Crippen molar-refractivity contribution < 1.29 is 13.6 Å². The molecule has 8 nitrogen and oxygen atoms in total. The predicted molar refractivity (Wildman–Crippen MR) is 94.6 cm³/mol. The standard InChI is InChI=1S/C17H18N4O4S/c22-15(12-21-17(23)25-16(18-21)14-4-1-9-24-14)20-7-5-19(6-8-20)11-13-3-2-10-26-13/h1-4,9-10H,5-8,11-12H2. The van der Waals surface area contributed by atoms with E-state index in [1.54, 1.807) is 28.4 Å². The summed E-state index contributed by atoms with van der Waals surface area (Å²) in [5.41, 5.74) is 0. The number of rotatable bonds is 5. The minimum absolute atomic E-state index is 0.0774. The molecular formula is C17H18N4O4S. The summed E-state index contributed by atoms with van der Waals surface area (Å²) in [6.07, 6.45) is 1.47. The average Bonchev–Trinajstić information content (AvgIpc) is 3.39. The first-order valence-corrected chi connectivity index (χ1v) is 9.21. The van der Waals surface area contributed by atoms with Crippen molar-refractivity contribution in [3.63, 3.8) is 0 Å². The van der Waals surface area contributed by atoms with Crippen molar-refractivity contribution >= 4 is 17.2 Å². The summed E-state index contributed by atoms with van der Waals surface area (Å²) in [5.74, 6) is -0.368. The lowest BCUT2D eigenvalue weighted by Gasteiger charge is -2.34. The summed E-state index contributed by atoms with van der Waals surface area (Å²) < 4.78 is 11.2. The molecule has 1 fully saturated rings. The van der Waals surface area contributed by atoms with E-state index in [0.717, 1.165) is 24.3 Å². The van der Waals surface area contributed by atoms with E-state index in [0.29, 0.717) is 18.8 Å². The minimum atomic E-state index is -0.666. The molecule has 4 rings (SSSR count).